The number of hydrogen-bond acceptors (Lipinski definition) is 3. The fourth-order valence-electron chi connectivity index (χ4n) is 2.47. The van der Waals surface area contributed by atoms with Gasteiger partial charge in [0, 0.05) is 18.1 Å². The summed E-state index contributed by atoms with van der Waals surface area (Å²) in [5.74, 6) is 1.01. The molecule has 0 spiro atoms. The van der Waals surface area contributed by atoms with Gasteiger partial charge in [0.25, 0.3) is 0 Å². The Morgan fingerprint density at radius 2 is 1.81 bits per heavy atom. The minimum atomic E-state index is 0. The van der Waals surface area contributed by atoms with E-state index >= 15 is 0 Å². The Morgan fingerprint density at radius 3 is 2.57 bits per heavy atom. The number of halogens is 1. The maximum absolute atomic E-state index is 4.45. The van der Waals surface area contributed by atoms with Gasteiger partial charge in [0.1, 0.15) is 5.82 Å². The summed E-state index contributed by atoms with van der Waals surface area (Å²) < 4.78 is 0. The summed E-state index contributed by atoms with van der Waals surface area (Å²) in [6, 6.07) is 10.4. The first-order chi connectivity index (χ1) is 9.85. The summed E-state index contributed by atoms with van der Waals surface area (Å²) in [6.07, 6.45) is 4.29. The Morgan fingerprint density at radius 1 is 1.05 bits per heavy atom. The van der Waals surface area contributed by atoms with Gasteiger partial charge in [-0.05, 0) is 43.9 Å². The van der Waals surface area contributed by atoms with E-state index < -0.39 is 0 Å². The van der Waals surface area contributed by atoms with Crippen molar-refractivity contribution in [2.24, 2.45) is 0 Å². The highest BCUT2D eigenvalue weighted by molar-refractivity contribution is 5.91. The van der Waals surface area contributed by atoms with E-state index in [4.69, 9.17) is 0 Å². The summed E-state index contributed by atoms with van der Waals surface area (Å²) in [7, 11) is 0. The number of nitrogens with zero attached hydrogens (tertiary/aromatic N) is 2. The van der Waals surface area contributed by atoms with Crippen molar-refractivity contribution >= 4 is 29.0 Å². The van der Waals surface area contributed by atoms with Crippen LogP contribution < -0.4 is 5.32 Å². The molecule has 0 aliphatic carbocycles. The summed E-state index contributed by atoms with van der Waals surface area (Å²) in [4.78, 5) is 6.92. The average Bonchev–Trinajstić information content (AvgIpc) is 2.51. The number of nitrogens with one attached hydrogen (secondary N) is 1. The van der Waals surface area contributed by atoms with Crippen LogP contribution in [0.2, 0.25) is 0 Å². The molecule has 0 atom stereocenters. The second-order valence-electron chi connectivity index (χ2n) is 5.04. The lowest BCUT2D eigenvalue weighted by Gasteiger charge is -2.17. The number of benzene rings is 1. The van der Waals surface area contributed by atoms with E-state index in [9.17, 15) is 0 Å². The number of fused-ring (bicyclic) bond motifs is 1. The number of anilines is 1. The van der Waals surface area contributed by atoms with E-state index in [1.165, 1.54) is 30.2 Å². The zero-order valence-electron chi connectivity index (χ0n) is 13.0. The van der Waals surface area contributed by atoms with Crippen LogP contribution in [0.25, 0.3) is 10.8 Å². The molecule has 116 valence electrons. The van der Waals surface area contributed by atoms with Crippen molar-refractivity contribution in [1.29, 1.82) is 0 Å². The molecular weight excluding hydrogens is 282 g/mol. The molecule has 0 radical (unpaired) electrons. The Labute approximate surface area is 134 Å². The number of unbranched alkanes of at least 4 members (excludes halogenated alkanes) is 1. The highest BCUT2D eigenvalue weighted by Crippen LogP contribution is 2.20. The van der Waals surface area contributed by atoms with E-state index in [1.807, 2.05) is 6.20 Å². The van der Waals surface area contributed by atoms with Crippen LogP contribution >= 0.6 is 12.4 Å². The van der Waals surface area contributed by atoms with Crippen molar-refractivity contribution in [3.63, 3.8) is 0 Å². The van der Waals surface area contributed by atoms with E-state index in [1.54, 1.807) is 0 Å². The maximum Gasteiger partial charge on any atom is 0.133 e. The molecule has 2 rings (SSSR count). The third-order valence-corrected chi connectivity index (χ3v) is 3.76. The first-order valence-corrected chi connectivity index (χ1v) is 7.65. The second-order valence-corrected chi connectivity index (χ2v) is 5.04. The maximum atomic E-state index is 4.45. The Bertz CT molecular complexity index is 521. The van der Waals surface area contributed by atoms with Gasteiger partial charge in [-0.15, -0.1) is 12.4 Å². The van der Waals surface area contributed by atoms with Crippen LogP contribution in [-0.4, -0.2) is 36.1 Å². The number of rotatable bonds is 8. The first-order valence-electron chi connectivity index (χ1n) is 7.65. The number of hydrogen-bond donors (Lipinski definition) is 1. The van der Waals surface area contributed by atoms with Gasteiger partial charge in [-0.2, -0.15) is 0 Å². The molecule has 1 aromatic heterocycles. The molecule has 21 heavy (non-hydrogen) atoms. The standard InChI is InChI=1S/C17H25N3.ClH/c1-3-20(4-2)14-8-7-12-18-17-16-10-6-5-9-15(16)11-13-19-17;/h5-6,9-11,13H,3-4,7-8,12,14H2,1-2H3,(H,18,19);1H. The van der Waals surface area contributed by atoms with Crippen molar-refractivity contribution in [3.8, 4) is 0 Å². The zero-order chi connectivity index (χ0) is 14.2. The molecule has 0 unspecified atom stereocenters. The molecule has 0 amide bonds. The highest BCUT2D eigenvalue weighted by Gasteiger charge is 2.01. The molecule has 0 aliphatic heterocycles. The Hall–Kier alpha value is -1.32. The molecule has 0 aliphatic rings. The van der Waals surface area contributed by atoms with Gasteiger partial charge in [-0.1, -0.05) is 38.1 Å². The lowest BCUT2D eigenvalue weighted by molar-refractivity contribution is 0.298. The minimum absolute atomic E-state index is 0. The predicted molar refractivity (Wildman–Crippen MR) is 94.5 cm³/mol. The third-order valence-electron chi connectivity index (χ3n) is 3.76. The van der Waals surface area contributed by atoms with Gasteiger partial charge >= 0.3 is 0 Å². The van der Waals surface area contributed by atoms with Crippen molar-refractivity contribution in [3.05, 3.63) is 36.5 Å². The minimum Gasteiger partial charge on any atom is -0.370 e. The smallest absolute Gasteiger partial charge is 0.133 e. The quantitative estimate of drug-likeness (QED) is 0.741. The monoisotopic (exact) mass is 307 g/mol. The SMILES string of the molecule is CCN(CC)CCCCNc1nccc2ccccc12.Cl. The molecule has 0 bridgehead atoms. The Kier molecular flexibility index (Phi) is 8.09. The van der Waals surface area contributed by atoms with Crippen LogP contribution in [-0.2, 0) is 0 Å². The van der Waals surface area contributed by atoms with Crippen LogP contribution in [0.5, 0.6) is 0 Å². The van der Waals surface area contributed by atoms with Gasteiger partial charge in [-0.3, -0.25) is 0 Å². The topological polar surface area (TPSA) is 28.2 Å². The molecule has 1 heterocycles. The van der Waals surface area contributed by atoms with Gasteiger partial charge in [0.2, 0.25) is 0 Å². The van der Waals surface area contributed by atoms with E-state index in [2.05, 4.69) is 59.4 Å². The fourth-order valence-corrected chi connectivity index (χ4v) is 2.47. The van der Waals surface area contributed by atoms with Gasteiger partial charge in [-0.25, -0.2) is 4.98 Å². The van der Waals surface area contributed by atoms with E-state index in [0.29, 0.717) is 0 Å². The van der Waals surface area contributed by atoms with Crippen LogP contribution in [0.15, 0.2) is 36.5 Å². The molecule has 2 aromatic rings. The van der Waals surface area contributed by atoms with Crippen molar-refractivity contribution < 1.29 is 0 Å². The fraction of sp³-hybridized carbons (Fsp3) is 0.471. The lowest BCUT2D eigenvalue weighted by atomic mass is 10.1. The predicted octanol–water partition coefficient (Wildman–Crippen LogP) is 4.19. The highest BCUT2D eigenvalue weighted by atomic mass is 35.5. The van der Waals surface area contributed by atoms with Crippen molar-refractivity contribution in [2.75, 3.05) is 31.5 Å². The molecular formula is C17H26ClN3. The summed E-state index contributed by atoms with van der Waals surface area (Å²) in [6.45, 7) is 8.92. The number of pyridine rings is 1. The van der Waals surface area contributed by atoms with Gasteiger partial charge < -0.3 is 10.2 Å². The number of aromatic nitrogens is 1. The summed E-state index contributed by atoms with van der Waals surface area (Å²) in [5.41, 5.74) is 0. The van der Waals surface area contributed by atoms with Crippen LogP contribution in [0.1, 0.15) is 26.7 Å². The normalized spacial score (nSPS) is 10.6. The molecule has 0 fully saturated rings. The summed E-state index contributed by atoms with van der Waals surface area (Å²) in [5, 5.41) is 5.92. The molecule has 0 saturated heterocycles. The van der Waals surface area contributed by atoms with Crippen molar-refractivity contribution in [1.82, 2.24) is 9.88 Å². The summed E-state index contributed by atoms with van der Waals surface area (Å²) >= 11 is 0. The van der Waals surface area contributed by atoms with E-state index in [0.717, 1.165) is 25.5 Å². The zero-order valence-corrected chi connectivity index (χ0v) is 13.8. The van der Waals surface area contributed by atoms with Gasteiger partial charge in [0.15, 0.2) is 0 Å². The average molecular weight is 308 g/mol. The molecule has 3 nitrogen and oxygen atoms in total. The molecule has 0 saturated carbocycles. The molecule has 1 aromatic carbocycles. The lowest BCUT2D eigenvalue weighted by Crippen LogP contribution is -2.24. The third kappa shape index (κ3) is 5.18. The van der Waals surface area contributed by atoms with Gasteiger partial charge in [0.05, 0.1) is 0 Å². The van der Waals surface area contributed by atoms with Crippen LogP contribution in [0.3, 0.4) is 0 Å². The second kappa shape index (κ2) is 9.59. The first kappa shape index (κ1) is 17.7. The van der Waals surface area contributed by atoms with Crippen LogP contribution in [0, 0.1) is 0 Å². The largest absolute Gasteiger partial charge is 0.370 e. The van der Waals surface area contributed by atoms with Crippen molar-refractivity contribution in [2.45, 2.75) is 26.7 Å². The molecule has 1 N–H and O–H groups in total. The Balaban J connectivity index is 0.00000220. The van der Waals surface area contributed by atoms with E-state index in [-0.39, 0.29) is 12.4 Å². The van der Waals surface area contributed by atoms with Crippen LogP contribution in [0.4, 0.5) is 5.82 Å². The molecule has 4 heteroatoms.